The fourth-order valence-electron chi connectivity index (χ4n) is 2.28. The summed E-state index contributed by atoms with van der Waals surface area (Å²) in [7, 11) is 1.53. The Labute approximate surface area is 167 Å². The van der Waals surface area contributed by atoms with Crippen LogP contribution in [0.1, 0.15) is 15.2 Å². The highest BCUT2D eigenvalue weighted by molar-refractivity contribution is 7.09. The molecule has 0 aliphatic rings. The summed E-state index contributed by atoms with van der Waals surface area (Å²) in [5.41, 5.74) is 0.387. The van der Waals surface area contributed by atoms with Crippen LogP contribution in [0.4, 0.5) is 0 Å². The number of thiophene rings is 1. The van der Waals surface area contributed by atoms with E-state index in [0.29, 0.717) is 24.4 Å². The zero-order valence-corrected chi connectivity index (χ0v) is 16.4. The number of nitrogens with one attached hydrogen (secondary N) is 1. The maximum atomic E-state index is 12.3. The Morgan fingerprint density at radius 2 is 1.96 bits per heavy atom. The Balaban J connectivity index is 1.77. The van der Waals surface area contributed by atoms with Crippen LogP contribution in [-0.2, 0) is 20.9 Å². The topological polar surface area (TPSA) is 84.9 Å². The van der Waals surface area contributed by atoms with Gasteiger partial charge in [-0.25, -0.2) is 0 Å². The molecule has 2 rings (SSSR count). The lowest BCUT2D eigenvalue weighted by atomic mass is 10.2. The van der Waals surface area contributed by atoms with Gasteiger partial charge in [-0.2, -0.15) is 0 Å². The van der Waals surface area contributed by atoms with E-state index in [2.05, 4.69) is 11.9 Å². The van der Waals surface area contributed by atoms with Crippen LogP contribution in [0.15, 0.2) is 54.4 Å². The molecule has 0 fully saturated rings. The number of amides is 2. The molecular formula is C20H22N2O5S. The van der Waals surface area contributed by atoms with Crippen LogP contribution in [0, 0.1) is 0 Å². The highest BCUT2D eigenvalue weighted by Gasteiger charge is 2.16. The first kappa shape index (κ1) is 21.2. The van der Waals surface area contributed by atoms with E-state index in [4.69, 9.17) is 9.47 Å². The van der Waals surface area contributed by atoms with Crippen molar-refractivity contribution in [1.29, 1.82) is 0 Å². The molecule has 7 nitrogen and oxygen atoms in total. The zero-order valence-electron chi connectivity index (χ0n) is 15.6. The highest BCUT2D eigenvalue weighted by Crippen LogP contribution is 2.12. The molecule has 1 aromatic heterocycles. The van der Waals surface area contributed by atoms with Crippen molar-refractivity contribution in [3.63, 3.8) is 0 Å². The van der Waals surface area contributed by atoms with E-state index in [9.17, 15) is 14.4 Å². The number of hydrogen-bond donors (Lipinski definition) is 1. The van der Waals surface area contributed by atoms with Gasteiger partial charge < -0.3 is 19.7 Å². The van der Waals surface area contributed by atoms with Crippen LogP contribution < -0.4 is 10.1 Å². The van der Waals surface area contributed by atoms with E-state index < -0.39 is 18.5 Å². The van der Waals surface area contributed by atoms with Crippen LogP contribution in [0.5, 0.6) is 5.75 Å². The lowest BCUT2D eigenvalue weighted by Gasteiger charge is -2.20. The lowest BCUT2D eigenvalue weighted by Crippen LogP contribution is -2.36. The minimum atomic E-state index is -0.690. The Hall–Kier alpha value is -3.13. The Kier molecular flexibility index (Phi) is 8.23. The predicted molar refractivity (Wildman–Crippen MR) is 106 cm³/mol. The number of esters is 1. The summed E-state index contributed by atoms with van der Waals surface area (Å²) < 4.78 is 10.0. The molecule has 0 unspecified atom stereocenters. The molecule has 0 bridgehead atoms. The normalized spacial score (nSPS) is 10.0. The fraction of sp³-hybridized carbons (Fsp3) is 0.250. The van der Waals surface area contributed by atoms with Gasteiger partial charge in [-0.15, -0.1) is 17.9 Å². The monoisotopic (exact) mass is 402 g/mol. The van der Waals surface area contributed by atoms with Gasteiger partial charge in [-0.3, -0.25) is 14.4 Å². The van der Waals surface area contributed by atoms with Crippen molar-refractivity contribution >= 4 is 29.1 Å². The van der Waals surface area contributed by atoms with Gasteiger partial charge in [0.05, 0.1) is 13.7 Å². The van der Waals surface area contributed by atoms with Crippen molar-refractivity contribution in [2.75, 3.05) is 26.8 Å². The fourth-order valence-corrected chi connectivity index (χ4v) is 3.00. The van der Waals surface area contributed by atoms with Crippen molar-refractivity contribution < 1.29 is 23.9 Å². The van der Waals surface area contributed by atoms with Crippen LogP contribution in [-0.4, -0.2) is 49.5 Å². The molecule has 0 radical (unpaired) electrons. The van der Waals surface area contributed by atoms with Crippen LogP contribution in [0.2, 0.25) is 0 Å². The van der Waals surface area contributed by atoms with Crippen molar-refractivity contribution in [1.82, 2.24) is 10.2 Å². The number of benzene rings is 1. The first-order chi connectivity index (χ1) is 13.5. The van der Waals surface area contributed by atoms with E-state index in [-0.39, 0.29) is 12.5 Å². The van der Waals surface area contributed by atoms with Gasteiger partial charge >= 0.3 is 5.97 Å². The number of carbonyl (C=O) groups excluding carboxylic acids is 3. The smallest absolute Gasteiger partial charge is 0.325 e. The van der Waals surface area contributed by atoms with Gasteiger partial charge in [0.1, 0.15) is 12.3 Å². The first-order valence-corrected chi connectivity index (χ1v) is 9.40. The molecule has 2 aromatic rings. The number of carbonyl (C=O) groups is 3. The molecule has 28 heavy (non-hydrogen) atoms. The van der Waals surface area contributed by atoms with Gasteiger partial charge in [0.15, 0.2) is 6.61 Å². The van der Waals surface area contributed by atoms with Crippen molar-refractivity contribution in [3.05, 3.63) is 64.9 Å². The van der Waals surface area contributed by atoms with E-state index in [1.807, 2.05) is 17.5 Å². The molecule has 0 aliphatic carbocycles. The summed E-state index contributed by atoms with van der Waals surface area (Å²) >= 11 is 1.54. The molecule has 2 amide bonds. The highest BCUT2D eigenvalue weighted by atomic mass is 32.1. The second-order valence-electron chi connectivity index (χ2n) is 5.71. The summed E-state index contributed by atoms with van der Waals surface area (Å²) in [5.74, 6) is -0.814. The molecule has 1 aromatic carbocycles. The van der Waals surface area contributed by atoms with Crippen molar-refractivity contribution in [3.8, 4) is 5.75 Å². The second kappa shape index (κ2) is 10.9. The third-order valence-corrected chi connectivity index (χ3v) is 4.59. The molecule has 0 atom stereocenters. The summed E-state index contributed by atoms with van der Waals surface area (Å²) in [6, 6.07) is 10.3. The maximum absolute atomic E-state index is 12.3. The SMILES string of the molecule is C=CCN(Cc1cccs1)C(=O)COC(=O)CNC(=O)c1ccc(OC)cc1. The summed E-state index contributed by atoms with van der Waals surface area (Å²) in [4.78, 5) is 38.7. The van der Waals surface area contributed by atoms with E-state index in [1.54, 1.807) is 35.2 Å². The quantitative estimate of drug-likeness (QED) is 0.487. The van der Waals surface area contributed by atoms with Crippen LogP contribution in [0.3, 0.4) is 0 Å². The molecule has 0 aliphatic heterocycles. The minimum absolute atomic E-state index is 0.329. The Bertz CT molecular complexity index is 803. The minimum Gasteiger partial charge on any atom is -0.497 e. The van der Waals surface area contributed by atoms with Gasteiger partial charge in [-0.1, -0.05) is 12.1 Å². The Morgan fingerprint density at radius 3 is 2.57 bits per heavy atom. The number of hydrogen-bond acceptors (Lipinski definition) is 6. The van der Waals surface area contributed by atoms with E-state index >= 15 is 0 Å². The molecule has 0 saturated heterocycles. The van der Waals surface area contributed by atoms with Crippen LogP contribution in [0.25, 0.3) is 0 Å². The largest absolute Gasteiger partial charge is 0.497 e. The average Bonchev–Trinajstić information content (AvgIpc) is 3.23. The van der Waals surface area contributed by atoms with Gasteiger partial charge in [0.2, 0.25) is 0 Å². The number of rotatable bonds is 10. The first-order valence-electron chi connectivity index (χ1n) is 8.52. The number of methoxy groups -OCH3 is 1. The maximum Gasteiger partial charge on any atom is 0.325 e. The van der Waals surface area contributed by atoms with Crippen LogP contribution >= 0.6 is 11.3 Å². The molecule has 0 saturated carbocycles. The van der Waals surface area contributed by atoms with E-state index in [0.717, 1.165) is 4.88 Å². The van der Waals surface area contributed by atoms with Crippen molar-refractivity contribution in [2.45, 2.75) is 6.54 Å². The standard InChI is InChI=1S/C20H22N2O5S/c1-3-10-22(13-17-5-4-11-28-17)18(23)14-27-19(24)12-21-20(25)15-6-8-16(26-2)9-7-15/h3-9,11H,1,10,12-14H2,2H3,(H,21,25). The lowest BCUT2D eigenvalue weighted by molar-refractivity contribution is -0.151. The summed E-state index contributed by atoms with van der Waals surface area (Å²) in [5, 5.41) is 4.38. The summed E-state index contributed by atoms with van der Waals surface area (Å²) in [6.45, 7) is 3.70. The molecule has 0 spiro atoms. The van der Waals surface area contributed by atoms with Gasteiger partial charge in [-0.05, 0) is 35.7 Å². The predicted octanol–water partition coefficient (Wildman–Crippen LogP) is 2.24. The third kappa shape index (κ3) is 6.55. The number of nitrogens with zero attached hydrogens (tertiary/aromatic N) is 1. The zero-order chi connectivity index (χ0) is 20.4. The molecule has 8 heteroatoms. The average molecular weight is 402 g/mol. The van der Waals surface area contributed by atoms with E-state index in [1.165, 1.54) is 18.4 Å². The number of ether oxygens (including phenoxy) is 2. The van der Waals surface area contributed by atoms with Gasteiger partial charge in [0.25, 0.3) is 11.8 Å². The molecule has 1 heterocycles. The molecule has 1 N–H and O–H groups in total. The van der Waals surface area contributed by atoms with Crippen molar-refractivity contribution in [2.24, 2.45) is 0 Å². The molecular weight excluding hydrogens is 380 g/mol. The molecule has 148 valence electrons. The Morgan fingerprint density at radius 1 is 1.21 bits per heavy atom. The van der Waals surface area contributed by atoms with Gasteiger partial charge in [0, 0.05) is 17.0 Å². The third-order valence-electron chi connectivity index (χ3n) is 3.73. The summed E-state index contributed by atoms with van der Waals surface area (Å²) in [6.07, 6.45) is 1.61. The second-order valence-corrected chi connectivity index (χ2v) is 6.75.